The number of rotatable bonds is 7. The number of nitrogens with zero attached hydrogens (tertiary/aromatic N) is 4. The molecule has 0 saturated carbocycles. The lowest BCUT2D eigenvalue weighted by molar-refractivity contribution is 0.104. The molecule has 174 valence electrons. The van der Waals surface area contributed by atoms with Crippen molar-refractivity contribution in [3.05, 3.63) is 112 Å². The van der Waals surface area contributed by atoms with Crippen LogP contribution < -0.4 is 4.31 Å². The summed E-state index contributed by atoms with van der Waals surface area (Å²) in [4.78, 5) is 17.9. The summed E-state index contributed by atoms with van der Waals surface area (Å²) in [5, 5.41) is 7.45. The molecule has 0 amide bonds. The van der Waals surface area contributed by atoms with Gasteiger partial charge >= 0.3 is 0 Å². The highest BCUT2D eigenvalue weighted by Gasteiger charge is 2.20. The van der Waals surface area contributed by atoms with E-state index < -0.39 is 10.0 Å². The molecule has 0 N–H and O–H groups in total. The van der Waals surface area contributed by atoms with E-state index in [0.29, 0.717) is 27.5 Å². The van der Waals surface area contributed by atoms with E-state index in [1.165, 1.54) is 34.3 Å². The zero-order valence-corrected chi connectivity index (χ0v) is 20.3. The van der Waals surface area contributed by atoms with Gasteiger partial charge in [0, 0.05) is 18.8 Å². The van der Waals surface area contributed by atoms with Crippen LogP contribution in [0.1, 0.15) is 20.8 Å². The molecule has 2 aromatic carbocycles. The monoisotopic (exact) mass is 500 g/mol. The van der Waals surface area contributed by atoms with Crippen LogP contribution >= 0.6 is 11.3 Å². The van der Waals surface area contributed by atoms with Gasteiger partial charge in [-0.25, -0.2) is 17.9 Å². The molecular weight excluding hydrogens is 480 g/mol. The molecule has 0 unspecified atom stereocenters. The highest BCUT2D eigenvalue weighted by molar-refractivity contribution is 7.95. The SMILES string of the molecule is CN(c1cccc(-c2ccnc3c(C(=O)c4cccs4)cnn23)c1)S(=O)(=O)C=Cc1ccccc1. The minimum absolute atomic E-state index is 0.135. The van der Waals surface area contributed by atoms with Gasteiger partial charge in [0.05, 0.1) is 33.4 Å². The fourth-order valence-corrected chi connectivity index (χ4v) is 5.24. The molecule has 5 aromatic rings. The van der Waals surface area contributed by atoms with Crippen molar-refractivity contribution in [1.82, 2.24) is 14.6 Å². The minimum Gasteiger partial charge on any atom is -0.287 e. The maximum Gasteiger partial charge on any atom is 0.257 e. The van der Waals surface area contributed by atoms with Gasteiger partial charge in [-0.1, -0.05) is 48.5 Å². The summed E-state index contributed by atoms with van der Waals surface area (Å²) in [6.45, 7) is 0. The second-order valence-electron chi connectivity index (χ2n) is 7.71. The van der Waals surface area contributed by atoms with Crippen molar-refractivity contribution in [1.29, 1.82) is 0 Å². The lowest BCUT2D eigenvalue weighted by atomic mass is 10.1. The fraction of sp³-hybridized carbons (Fsp3) is 0.0385. The van der Waals surface area contributed by atoms with Gasteiger partial charge in [0.2, 0.25) is 5.78 Å². The van der Waals surface area contributed by atoms with Crippen molar-refractivity contribution in [2.45, 2.75) is 0 Å². The number of carbonyl (C=O) groups is 1. The van der Waals surface area contributed by atoms with E-state index in [0.717, 1.165) is 11.1 Å². The summed E-state index contributed by atoms with van der Waals surface area (Å²) >= 11 is 1.37. The normalized spacial score (nSPS) is 11.8. The molecule has 3 aromatic heterocycles. The lowest BCUT2D eigenvalue weighted by Gasteiger charge is -2.18. The molecule has 0 aliphatic rings. The van der Waals surface area contributed by atoms with Gasteiger partial charge in [-0.05, 0) is 41.3 Å². The Kier molecular flexibility index (Phi) is 6.02. The Morgan fingerprint density at radius 2 is 1.86 bits per heavy atom. The molecule has 0 spiro atoms. The van der Waals surface area contributed by atoms with Gasteiger partial charge < -0.3 is 0 Å². The second-order valence-corrected chi connectivity index (χ2v) is 10.5. The maximum absolute atomic E-state index is 12.9. The number of fused-ring (bicyclic) bond motifs is 1. The van der Waals surface area contributed by atoms with E-state index >= 15 is 0 Å². The number of hydrogen-bond acceptors (Lipinski definition) is 6. The number of benzene rings is 2. The minimum atomic E-state index is -3.71. The molecule has 3 heterocycles. The van der Waals surface area contributed by atoms with Crippen molar-refractivity contribution in [2.75, 3.05) is 11.4 Å². The zero-order chi connectivity index (χ0) is 24.4. The van der Waals surface area contributed by atoms with Gasteiger partial charge in [-0.15, -0.1) is 11.3 Å². The molecule has 0 aliphatic carbocycles. The lowest BCUT2D eigenvalue weighted by Crippen LogP contribution is -2.24. The highest BCUT2D eigenvalue weighted by Crippen LogP contribution is 2.27. The Hall–Kier alpha value is -4.08. The van der Waals surface area contributed by atoms with Crippen molar-refractivity contribution < 1.29 is 13.2 Å². The Morgan fingerprint density at radius 3 is 2.63 bits per heavy atom. The largest absolute Gasteiger partial charge is 0.287 e. The zero-order valence-electron chi connectivity index (χ0n) is 18.6. The number of ketones is 1. The van der Waals surface area contributed by atoms with Crippen LogP contribution in [0.2, 0.25) is 0 Å². The first-order valence-corrected chi connectivity index (χ1v) is 13.1. The summed E-state index contributed by atoms with van der Waals surface area (Å²) in [6.07, 6.45) is 4.70. The van der Waals surface area contributed by atoms with Crippen molar-refractivity contribution >= 4 is 44.6 Å². The summed E-state index contributed by atoms with van der Waals surface area (Å²) in [7, 11) is -2.20. The smallest absolute Gasteiger partial charge is 0.257 e. The molecule has 9 heteroatoms. The van der Waals surface area contributed by atoms with Gasteiger partial charge in [-0.2, -0.15) is 5.10 Å². The molecule has 5 rings (SSSR count). The van der Waals surface area contributed by atoms with E-state index in [4.69, 9.17) is 0 Å². The second kappa shape index (κ2) is 9.28. The first kappa shape index (κ1) is 22.7. The van der Waals surface area contributed by atoms with Crippen molar-refractivity contribution in [3.8, 4) is 11.3 Å². The maximum atomic E-state index is 12.9. The topological polar surface area (TPSA) is 84.6 Å². The molecule has 0 aliphatic heterocycles. The van der Waals surface area contributed by atoms with Gasteiger partial charge in [0.1, 0.15) is 0 Å². The summed E-state index contributed by atoms with van der Waals surface area (Å²) in [6, 6.07) is 21.8. The third-order valence-corrected chi connectivity index (χ3v) is 7.83. The van der Waals surface area contributed by atoms with Crippen LogP contribution in [-0.4, -0.2) is 35.8 Å². The quantitative estimate of drug-likeness (QED) is 0.290. The van der Waals surface area contributed by atoms with Crippen LogP contribution in [0.25, 0.3) is 23.0 Å². The third kappa shape index (κ3) is 4.51. The van der Waals surface area contributed by atoms with Gasteiger partial charge in [-0.3, -0.25) is 9.10 Å². The predicted octanol–water partition coefficient (Wildman–Crippen LogP) is 5.13. The summed E-state index contributed by atoms with van der Waals surface area (Å²) in [5.41, 5.74) is 3.57. The number of anilines is 1. The Morgan fingerprint density at radius 1 is 1.03 bits per heavy atom. The molecule has 35 heavy (non-hydrogen) atoms. The Bertz CT molecular complexity index is 1640. The van der Waals surface area contributed by atoms with Crippen LogP contribution in [0.5, 0.6) is 0 Å². The predicted molar refractivity (Wildman–Crippen MR) is 139 cm³/mol. The van der Waals surface area contributed by atoms with Gasteiger partial charge in [0.25, 0.3) is 10.0 Å². The molecule has 0 fully saturated rings. The van der Waals surface area contributed by atoms with E-state index in [2.05, 4.69) is 10.1 Å². The van der Waals surface area contributed by atoms with Crippen LogP contribution in [0, 0.1) is 0 Å². The number of sulfonamides is 1. The summed E-state index contributed by atoms with van der Waals surface area (Å²) < 4.78 is 28.7. The van der Waals surface area contributed by atoms with Gasteiger partial charge in [0.15, 0.2) is 5.65 Å². The van der Waals surface area contributed by atoms with E-state index in [1.807, 2.05) is 47.8 Å². The van der Waals surface area contributed by atoms with E-state index in [1.54, 1.807) is 47.1 Å². The molecule has 0 bridgehead atoms. The summed E-state index contributed by atoms with van der Waals surface area (Å²) in [5.74, 6) is -0.135. The first-order valence-electron chi connectivity index (χ1n) is 10.7. The molecule has 0 radical (unpaired) electrons. The van der Waals surface area contributed by atoms with Crippen LogP contribution in [-0.2, 0) is 10.0 Å². The van der Waals surface area contributed by atoms with E-state index in [9.17, 15) is 13.2 Å². The number of carbonyl (C=O) groups excluding carboxylic acids is 1. The standard InChI is InChI=1S/C26H20N4O3S2/c1-29(35(32,33)16-13-19-7-3-2-4-8-19)21-10-5-9-20(17-21)23-12-14-27-26-22(18-28-30(23)26)25(31)24-11-6-15-34-24/h2-18H,1H3. The van der Waals surface area contributed by atoms with Crippen molar-refractivity contribution in [3.63, 3.8) is 0 Å². The Labute approximate surface area is 206 Å². The fourth-order valence-electron chi connectivity index (χ4n) is 3.64. The highest BCUT2D eigenvalue weighted by atomic mass is 32.2. The first-order chi connectivity index (χ1) is 16.9. The molecule has 0 saturated heterocycles. The average Bonchev–Trinajstić information content (AvgIpc) is 3.58. The third-order valence-electron chi connectivity index (χ3n) is 5.51. The van der Waals surface area contributed by atoms with Crippen LogP contribution in [0.15, 0.2) is 96.0 Å². The van der Waals surface area contributed by atoms with E-state index in [-0.39, 0.29) is 5.78 Å². The average molecular weight is 501 g/mol. The number of aromatic nitrogens is 3. The molecule has 0 atom stereocenters. The van der Waals surface area contributed by atoms with Crippen LogP contribution in [0.4, 0.5) is 5.69 Å². The number of hydrogen-bond donors (Lipinski definition) is 0. The van der Waals surface area contributed by atoms with Crippen LogP contribution in [0.3, 0.4) is 0 Å². The molecule has 7 nitrogen and oxygen atoms in total. The number of thiophene rings is 1. The Balaban J connectivity index is 1.49. The van der Waals surface area contributed by atoms with Crippen molar-refractivity contribution in [2.24, 2.45) is 0 Å². The molecular formula is C26H20N4O3S2.